The van der Waals surface area contributed by atoms with Crippen molar-refractivity contribution in [2.75, 3.05) is 34.2 Å². The lowest BCUT2D eigenvalue weighted by Crippen LogP contribution is -2.64. The van der Waals surface area contributed by atoms with Crippen LogP contribution in [-0.2, 0) is 33.2 Å². The summed E-state index contributed by atoms with van der Waals surface area (Å²) < 4.78 is 58.6. The van der Waals surface area contributed by atoms with Crippen molar-refractivity contribution in [3.8, 4) is 28.7 Å². The normalized spacial score (nSPS) is 32.3. The summed E-state index contributed by atoms with van der Waals surface area (Å²) in [4.78, 5) is 26.9. The third kappa shape index (κ3) is 5.47. The topological polar surface area (TPSA) is 167 Å². The van der Waals surface area contributed by atoms with E-state index in [0.29, 0.717) is 33.8 Å². The van der Waals surface area contributed by atoms with Gasteiger partial charge in [0.25, 0.3) is 0 Å². The number of carbonyl (C=O) groups is 2. The van der Waals surface area contributed by atoms with Gasteiger partial charge in [-0.25, -0.2) is 4.79 Å². The number of methoxy groups -OCH3 is 2. The molecule has 0 spiro atoms. The Balaban J connectivity index is 1.19. The molecule has 0 unspecified atom stereocenters. The van der Waals surface area contributed by atoms with Crippen LogP contribution in [0.4, 0.5) is 0 Å². The minimum Gasteiger partial charge on any atom is -0.502 e. The Labute approximate surface area is 286 Å². The number of hydrogen-bond donors (Lipinski definition) is 2. The van der Waals surface area contributed by atoms with Gasteiger partial charge in [0.05, 0.1) is 45.0 Å². The zero-order chi connectivity index (χ0) is 34.7. The van der Waals surface area contributed by atoms with E-state index in [1.165, 1.54) is 14.2 Å². The Morgan fingerprint density at radius 2 is 1.60 bits per heavy atom. The van der Waals surface area contributed by atoms with Crippen LogP contribution in [0, 0.1) is 11.8 Å². The molecule has 3 saturated heterocycles. The molecule has 4 aliphatic heterocycles. The molecule has 1 aliphatic carbocycles. The molecular weight excluding hydrogens is 656 g/mol. The zero-order valence-electron chi connectivity index (χ0n) is 27.4. The van der Waals surface area contributed by atoms with Crippen LogP contribution in [0.3, 0.4) is 0 Å². The number of aliphatic hydroxyl groups is 1. The first-order valence-electron chi connectivity index (χ1n) is 16.3. The van der Waals surface area contributed by atoms with E-state index in [0.717, 1.165) is 0 Å². The summed E-state index contributed by atoms with van der Waals surface area (Å²) in [5.74, 6) is -1.94. The minimum atomic E-state index is -1.49. The van der Waals surface area contributed by atoms with Gasteiger partial charge in [0, 0.05) is 11.8 Å². The molecule has 0 saturated carbocycles. The first-order valence-corrected chi connectivity index (χ1v) is 16.3. The quantitative estimate of drug-likeness (QED) is 0.347. The molecule has 3 aromatic carbocycles. The molecule has 8 rings (SSSR count). The predicted molar refractivity (Wildman–Crippen MR) is 168 cm³/mol. The van der Waals surface area contributed by atoms with Crippen LogP contribution in [0.2, 0.25) is 0 Å². The van der Waals surface area contributed by atoms with Gasteiger partial charge in [0.2, 0.25) is 12.5 Å². The Kier molecular flexibility index (Phi) is 8.43. The smallest absolute Gasteiger partial charge is 0.338 e. The van der Waals surface area contributed by atoms with Crippen LogP contribution in [-0.4, -0.2) is 93.4 Å². The number of fused-ring (bicyclic) bond motifs is 4. The van der Waals surface area contributed by atoms with Crippen LogP contribution in [0.15, 0.2) is 54.6 Å². The molecule has 3 fully saturated rings. The fourth-order valence-electron chi connectivity index (χ4n) is 7.62. The van der Waals surface area contributed by atoms with Crippen LogP contribution < -0.4 is 18.9 Å². The molecule has 2 N–H and O–H groups in total. The molecule has 0 amide bonds. The first-order chi connectivity index (χ1) is 24.2. The highest BCUT2D eigenvalue weighted by atomic mass is 16.8. The van der Waals surface area contributed by atoms with E-state index in [9.17, 15) is 19.8 Å². The Hall–Kier alpha value is -4.60. The number of rotatable bonds is 7. The van der Waals surface area contributed by atoms with Crippen molar-refractivity contribution in [1.29, 1.82) is 0 Å². The van der Waals surface area contributed by atoms with Crippen LogP contribution in [0.5, 0.6) is 28.7 Å². The van der Waals surface area contributed by atoms with Crippen molar-refractivity contribution in [2.45, 2.75) is 55.9 Å². The number of cyclic esters (lactones) is 1. The Bertz CT molecular complexity index is 1750. The van der Waals surface area contributed by atoms with E-state index in [2.05, 4.69) is 0 Å². The van der Waals surface area contributed by atoms with Crippen LogP contribution in [0.1, 0.15) is 46.0 Å². The van der Waals surface area contributed by atoms with Gasteiger partial charge in [0.15, 0.2) is 41.7 Å². The maximum absolute atomic E-state index is 13.6. The molecule has 14 heteroatoms. The molecule has 5 aliphatic rings. The summed E-state index contributed by atoms with van der Waals surface area (Å²) in [5, 5.41) is 22.5. The molecule has 0 bridgehead atoms. The van der Waals surface area contributed by atoms with Gasteiger partial charge in [-0.2, -0.15) is 0 Å². The minimum absolute atomic E-state index is 0.00454. The van der Waals surface area contributed by atoms with E-state index in [4.69, 9.17) is 47.4 Å². The Morgan fingerprint density at radius 3 is 2.30 bits per heavy atom. The van der Waals surface area contributed by atoms with Crippen LogP contribution in [0.25, 0.3) is 0 Å². The molecular formula is C36H36O14. The fourth-order valence-corrected chi connectivity index (χ4v) is 7.62. The summed E-state index contributed by atoms with van der Waals surface area (Å²) >= 11 is 0. The lowest BCUT2D eigenvalue weighted by Gasteiger charge is -2.48. The van der Waals surface area contributed by atoms with Gasteiger partial charge in [-0.1, -0.05) is 18.2 Å². The van der Waals surface area contributed by atoms with Gasteiger partial charge >= 0.3 is 11.9 Å². The van der Waals surface area contributed by atoms with Gasteiger partial charge in [-0.3, -0.25) is 4.79 Å². The molecule has 0 aromatic heterocycles. The van der Waals surface area contributed by atoms with Gasteiger partial charge in [0.1, 0.15) is 18.3 Å². The highest BCUT2D eigenvalue weighted by Crippen LogP contribution is 2.57. The largest absolute Gasteiger partial charge is 0.502 e. The third-order valence-corrected chi connectivity index (χ3v) is 9.97. The molecule has 264 valence electrons. The van der Waals surface area contributed by atoms with Crippen molar-refractivity contribution >= 4 is 11.9 Å². The summed E-state index contributed by atoms with van der Waals surface area (Å²) in [7, 11) is 2.85. The average molecular weight is 693 g/mol. The monoisotopic (exact) mass is 692 g/mol. The number of aliphatic hydroxyl groups excluding tert-OH is 1. The molecule has 0 radical (unpaired) electrons. The van der Waals surface area contributed by atoms with Crippen molar-refractivity contribution < 1.29 is 67.2 Å². The van der Waals surface area contributed by atoms with E-state index in [1.807, 2.05) is 0 Å². The van der Waals surface area contributed by atoms with Crippen molar-refractivity contribution in [3.05, 3.63) is 76.9 Å². The Morgan fingerprint density at radius 1 is 0.900 bits per heavy atom. The molecule has 50 heavy (non-hydrogen) atoms. The summed E-state index contributed by atoms with van der Waals surface area (Å²) in [5.41, 5.74) is 2.24. The number of esters is 2. The van der Waals surface area contributed by atoms with Crippen molar-refractivity contribution in [1.82, 2.24) is 0 Å². The summed E-state index contributed by atoms with van der Waals surface area (Å²) in [6.45, 7) is 1.82. The highest BCUT2D eigenvalue weighted by molar-refractivity contribution is 5.89. The maximum Gasteiger partial charge on any atom is 0.338 e. The second-order valence-corrected chi connectivity index (χ2v) is 12.7. The summed E-state index contributed by atoms with van der Waals surface area (Å²) in [6.07, 6.45) is -7.11. The predicted octanol–water partition coefficient (Wildman–Crippen LogP) is 3.20. The average Bonchev–Trinajstić information content (AvgIpc) is 3.76. The number of hydrogen-bond acceptors (Lipinski definition) is 14. The molecule has 14 nitrogen and oxygen atoms in total. The highest BCUT2D eigenvalue weighted by Gasteiger charge is 2.57. The van der Waals surface area contributed by atoms with E-state index in [1.54, 1.807) is 61.5 Å². The standard InChI is InChI=1S/C36H36O14/c1-16-43-14-26-32(47-16)33(49-34(39)17-7-5-4-6-8-17)30(38)36(48-26)50-31-20-12-23-22(45-15-46-23)11-19(20)27(28-21(31)13-44-35(28)40)18-9-24(41-2)29(37)25(10-18)42-3/h4-12,16,21,26-28,30-33,36-38H,13-15H2,1-3H3/t16-,21+,26-,27-,28+,30-,31-,32-,33-,36+/m1/s1. The van der Waals surface area contributed by atoms with Crippen molar-refractivity contribution in [3.63, 3.8) is 0 Å². The number of phenols is 1. The second kappa shape index (κ2) is 12.9. The SMILES string of the molecule is COc1cc([C@@H]2c3cc4c(cc3[C@@H](O[C@@H]3O[C@@H]5CO[C@@H](C)O[C@H]5[C@H](OC(=O)c5ccccc5)[C@H]3O)[C@H]3COC(=O)[C@H]23)OCO4)cc(OC)c1O. The maximum atomic E-state index is 13.6. The first kappa shape index (κ1) is 32.6. The molecule has 4 heterocycles. The van der Waals surface area contributed by atoms with Crippen LogP contribution >= 0.6 is 0 Å². The lowest BCUT2D eigenvalue weighted by molar-refractivity contribution is -0.363. The zero-order valence-corrected chi connectivity index (χ0v) is 27.4. The van der Waals surface area contributed by atoms with E-state index in [-0.39, 0.29) is 37.3 Å². The number of benzene rings is 3. The third-order valence-electron chi connectivity index (χ3n) is 9.97. The van der Waals surface area contributed by atoms with Gasteiger partial charge in [-0.05, 0) is 60.0 Å². The van der Waals surface area contributed by atoms with E-state index < -0.39 is 72.8 Å². The number of aromatic hydroxyl groups is 1. The lowest BCUT2D eigenvalue weighted by atomic mass is 9.66. The second-order valence-electron chi connectivity index (χ2n) is 12.7. The van der Waals surface area contributed by atoms with Crippen molar-refractivity contribution in [2.24, 2.45) is 11.8 Å². The van der Waals surface area contributed by atoms with Gasteiger partial charge in [-0.15, -0.1) is 0 Å². The van der Waals surface area contributed by atoms with Gasteiger partial charge < -0.3 is 57.6 Å². The fraction of sp³-hybridized carbons (Fsp3) is 0.444. The number of phenolic OH excluding ortho intramolecular Hbond substituents is 1. The number of ether oxygens (including phenoxy) is 10. The number of carbonyl (C=O) groups excluding carboxylic acids is 2. The molecule has 10 atom stereocenters. The summed E-state index contributed by atoms with van der Waals surface area (Å²) in [6, 6.07) is 15.3. The molecule has 3 aromatic rings. The van der Waals surface area contributed by atoms with E-state index >= 15 is 0 Å².